The van der Waals surface area contributed by atoms with E-state index in [4.69, 9.17) is 0 Å². The van der Waals surface area contributed by atoms with E-state index >= 15 is 0 Å². The van der Waals surface area contributed by atoms with Crippen LogP contribution >= 0.6 is 0 Å². The molecular formula is C25H28FN5O3. The number of piperidine rings is 1. The molecule has 4 amide bonds. The highest BCUT2D eigenvalue weighted by atomic mass is 19.1. The Balaban J connectivity index is 1.36. The summed E-state index contributed by atoms with van der Waals surface area (Å²) in [5, 5.41) is 3.03. The third-order valence-electron chi connectivity index (χ3n) is 7.21. The van der Waals surface area contributed by atoms with Crippen LogP contribution in [0.15, 0.2) is 36.7 Å². The molecule has 3 fully saturated rings. The van der Waals surface area contributed by atoms with Crippen molar-refractivity contribution in [1.29, 1.82) is 0 Å². The Morgan fingerprint density at radius 3 is 2.41 bits per heavy atom. The lowest BCUT2D eigenvalue weighted by molar-refractivity contribution is -0.134. The quantitative estimate of drug-likeness (QED) is 0.662. The van der Waals surface area contributed by atoms with E-state index in [1.165, 1.54) is 23.2 Å². The molecule has 0 radical (unpaired) electrons. The predicted molar refractivity (Wildman–Crippen MR) is 121 cm³/mol. The number of rotatable bonds is 6. The van der Waals surface area contributed by atoms with E-state index in [2.05, 4.69) is 15.3 Å². The second-order valence-corrected chi connectivity index (χ2v) is 9.67. The van der Waals surface area contributed by atoms with Gasteiger partial charge in [-0.15, -0.1) is 0 Å². The minimum atomic E-state index is -1.09. The Bertz CT molecular complexity index is 1090. The summed E-state index contributed by atoms with van der Waals surface area (Å²) in [6.07, 6.45) is 6.54. The van der Waals surface area contributed by atoms with Gasteiger partial charge in [-0.1, -0.05) is 12.1 Å². The molecule has 1 aliphatic carbocycles. The minimum absolute atomic E-state index is 0.147. The molecule has 178 valence electrons. The zero-order chi connectivity index (χ0) is 23.9. The van der Waals surface area contributed by atoms with E-state index in [0.717, 1.165) is 24.1 Å². The van der Waals surface area contributed by atoms with Gasteiger partial charge in [0.05, 0.1) is 11.9 Å². The third kappa shape index (κ3) is 4.26. The first-order valence-corrected chi connectivity index (χ1v) is 11.8. The zero-order valence-electron chi connectivity index (χ0n) is 19.2. The monoisotopic (exact) mass is 465 g/mol. The van der Waals surface area contributed by atoms with Crippen LogP contribution in [0.4, 0.5) is 9.18 Å². The molecule has 2 aromatic rings. The summed E-state index contributed by atoms with van der Waals surface area (Å²) >= 11 is 0. The van der Waals surface area contributed by atoms with Crippen molar-refractivity contribution in [1.82, 2.24) is 25.1 Å². The molecule has 3 heterocycles. The molecule has 0 spiro atoms. The summed E-state index contributed by atoms with van der Waals surface area (Å²) in [6.45, 7) is 3.16. The molecular weight excluding hydrogens is 437 g/mol. The molecule has 5 rings (SSSR count). The van der Waals surface area contributed by atoms with Crippen molar-refractivity contribution in [2.75, 3.05) is 19.6 Å². The highest BCUT2D eigenvalue weighted by Crippen LogP contribution is 2.39. The van der Waals surface area contributed by atoms with Crippen LogP contribution in [-0.4, -0.2) is 62.8 Å². The molecule has 9 heteroatoms. The number of hydrogen-bond acceptors (Lipinski definition) is 5. The SMILES string of the molecule is Cc1cnc(C(=O)N2CCC(C3(Cc4ccc(F)cc4)NC(=O)N(CC4CC4)C3=O)CC2)cn1. The number of halogens is 1. The van der Waals surface area contributed by atoms with Crippen LogP contribution in [0.25, 0.3) is 0 Å². The van der Waals surface area contributed by atoms with Crippen molar-refractivity contribution in [2.45, 2.75) is 44.6 Å². The lowest BCUT2D eigenvalue weighted by atomic mass is 9.74. The number of nitrogens with one attached hydrogen (secondary N) is 1. The molecule has 1 N–H and O–H groups in total. The van der Waals surface area contributed by atoms with Crippen LogP contribution in [-0.2, 0) is 11.2 Å². The summed E-state index contributed by atoms with van der Waals surface area (Å²) in [5.74, 6) is -0.502. The molecule has 8 nitrogen and oxygen atoms in total. The number of benzene rings is 1. The highest BCUT2D eigenvalue weighted by molar-refractivity contribution is 6.07. The van der Waals surface area contributed by atoms with E-state index in [1.54, 1.807) is 23.2 Å². The first-order chi connectivity index (χ1) is 16.4. The topological polar surface area (TPSA) is 95.5 Å². The van der Waals surface area contributed by atoms with Crippen LogP contribution in [0.3, 0.4) is 0 Å². The fourth-order valence-corrected chi connectivity index (χ4v) is 5.07. The summed E-state index contributed by atoms with van der Waals surface area (Å²) in [5.41, 5.74) is 0.731. The number of likely N-dealkylation sites (tertiary alicyclic amines) is 1. The summed E-state index contributed by atoms with van der Waals surface area (Å²) in [6, 6.07) is 5.71. The molecule has 34 heavy (non-hydrogen) atoms. The normalized spacial score (nSPS) is 23.4. The van der Waals surface area contributed by atoms with Crippen LogP contribution in [0.2, 0.25) is 0 Å². The number of aryl methyl sites for hydroxylation is 1. The predicted octanol–water partition coefficient (Wildman–Crippen LogP) is 2.72. The van der Waals surface area contributed by atoms with Gasteiger partial charge in [0.25, 0.3) is 11.8 Å². The molecule has 1 aromatic carbocycles. The van der Waals surface area contributed by atoms with E-state index in [9.17, 15) is 18.8 Å². The fraction of sp³-hybridized carbons (Fsp3) is 0.480. The molecule has 0 bridgehead atoms. The van der Waals surface area contributed by atoms with Crippen molar-refractivity contribution in [3.63, 3.8) is 0 Å². The standard InChI is InChI=1S/C25H28FN5O3/c1-16-13-28-21(14-27-16)22(32)30-10-8-19(9-11-30)25(12-17-4-6-20(26)7-5-17)23(33)31(24(34)29-25)15-18-2-3-18/h4-7,13-14,18-19H,2-3,8-12,15H2,1H3,(H,29,34). The Kier molecular flexibility index (Phi) is 5.79. The molecule has 2 saturated heterocycles. The van der Waals surface area contributed by atoms with Gasteiger partial charge in [-0.05, 0) is 62.1 Å². The summed E-state index contributed by atoms with van der Waals surface area (Å²) < 4.78 is 13.5. The Morgan fingerprint density at radius 1 is 1.09 bits per heavy atom. The molecule has 1 saturated carbocycles. The van der Waals surface area contributed by atoms with E-state index in [1.807, 2.05) is 6.92 Å². The summed E-state index contributed by atoms with van der Waals surface area (Å²) in [7, 11) is 0. The smallest absolute Gasteiger partial charge is 0.325 e. The van der Waals surface area contributed by atoms with Crippen molar-refractivity contribution in [2.24, 2.45) is 11.8 Å². The van der Waals surface area contributed by atoms with Crippen LogP contribution in [0.5, 0.6) is 0 Å². The van der Waals surface area contributed by atoms with Gasteiger partial charge in [0.1, 0.15) is 17.1 Å². The Hall–Kier alpha value is -3.36. The number of imide groups is 1. The van der Waals surface area contributed by atoms with Crippen LogP contribution in [0, 0.1) is 24.6 Å². The summed E-state index contributed by atoms with van der Waals surface area (Å²) in [4.78, 5) is 50.9. The first-order valence-electron chi connectivity index (χ1n) is 11.8. The van der Waals surface area contributed by atoms with Gasteiger partial charge in [0.15, 0.2) is 0 Å². The molecule has 1 unspecified atom stereocenters. The van der Waals surface area contributed by atoms with Gasteiger partial charge in [-0.3, -0.25) is 19.5 Å². The average Bonchev–Trinajstić information content (AvgIpc) is 3.63. The van der Waals surface area contributed by atoms with Crippen molar-refractivity contribution < 1.29 is 18.8 Å². The number of hydrogen-bond donors (Lipinski definition) is 1. The number of carbonyl (C=O) groups excluding carboxylic acids is 3. The van der Waals surface area contributed by atoms with Crippen molar-refractivity contribution >= 4 is 17.8 Å². The lowest BCUT2D eigenvalue weighted by Crippen LogP contribution is -2.58. The second-order valence-electron chi connectivity index (χ2n) is 9.67. The number of aromatic nitrogens is 2. The first kappa shape index (κ1) is 22.4. The molecule has 1 atom stereocenters. The maximum atomic E-state index is 13.7. The van der Waals surface area contributed by atoms with Crippen molar-refractivity contribution in [3.8, 4) is 0 Å². The molecule has 2 aliphatic heterocycles. The second kappa shape index (κ2) is 8.77. The fourth-order valence-electron chi connectivity index (χ4n) is 5.07. The highest BCUT2D eigenvalue weighted by Gasteiger charge is 2.56. The number of amides is 4. The Morgan fingerprint density at radius 2 is 1.79 bits per heavy atom. The third-order valence-corrected chi connectivity index (χ3v) is 7.21. The number of urea groups is 1. The van der Waals surface area contributed by atoms with E-state index < -0.39 is 5.54 Å². The maximum absolute atomic E-state index is 13.7. The van der Waals surface area contributed by atoms with Gasteiger partial charge in [0, 0.05) is 32.3 Å². The lowest BCUT2D eigenvalue weighted by Gasteiger charge is -2.41. The van der Waals surface area contributed by atoms with Crippen molar-refractivity contribution in [3.05, 3.63) is 59.4 Å². The van der Waals surface area contributed by atoms with Crippen LogP contribution < -0.4 is 5.32 Å². The van der Waals surface area contributed by atoms with Gasteiger partial charge in [0.2, 0.25) is 0 Å². The zero-order valence-corrected chi connectivity index (χ0v) is 19.2. The Labute approximate surface area is 197 Å². The minimum Gasteiger partial charge on any atom is -0.337 e. The van der Waals surface area contributed by atoms with E-state index in [-0.39, 0.29) is 29.6 Å². The van der Waals surface area contributed by atoms with E-state index in [0.29, 0.717) is 50.5 Å². The van der Waals surface area contributed by atoms with Gasteiger partial charge in [-0.2, -0.15) is 0 Å². The number of carbonyl (C=O) groups is 3. The van der Waals surface area contributed by atoms with Gasteiger partial charge in [-0.25, -0.2) is 14.2 Å². The average molecular weight is 466 g/mol. The van der Waals surface area contributed by atoms with Gasteiger partial charge < -0.3 is 10.2 Å². The number of nitrogens with zero attached hydrogens (tertiary/aromatic N) is 4. The molecule has 3 aliphatic rings. The largest absolute Gasteiger partial charge is 0.337 e. The van der Waals surface area contributed by atoms with Gasteiger partial charge >= 0.3 is 6.03 Å². The van der Waals surface area contributed by atoms with Crippen LogP contribution in [0.1, 0.15) is 47.4 Å². The molecule has 1 aromatic heterocycles. The maximum Gasteiger partial charge on any atom is 0.325 e.